The Kier molecular flexibility index (Phi) is 9.41. The summed E-state index contributed by atoms with van der Waals surface area (Å²) in [4.78, 5) is 46.4. The van der Waals surface area contributed by atoms with Gasteiger partial charge in [-0.15, -0.1) is 0 Å². The number of ether oxygens (including phenoxy) is 2. The number of carbonyl (C=O) groups excluding carboxylic acids is 3. The molecule has 0 radical (unpaired) electrons. The molecule has 0 saturated carbocycles. The van der Waals surface area contributed by atoms with E-state index >= 15 is 0 Å². The lowest BCUT2D eigenvalue weighted by Gasteiger charge is -2.36. The van der Waals surface area contributed by atoms with E-state index in [1.165, 1.54) is 0 Å². The lowest BCUT2D eigenvalue weighted by atomic mass is 10.0. The van der Waals surface area contributed by atoms with E-state index in [9.17, 15) is 14.4 Å². The molecule has 0 bridgehead atoms. The standard InChI is InChI=1S/C27H36N4O5/c1-6-9-25(32)29-20-11-12-21-23(14-20)36-17-19(3)31(27(34)22-10-7-8-13-28-22)15-18(2)24(35-5)16-30(4)26(21)33/h7-8,10-14,18-19,24H,6,9,15-17H2,1-5H3,(H,29,32)/t18-,19+,24+/m0/s1. The Morgan fingerprint density at radius 3 is 2.64 bits per heavy atom. The highest BCUT2D eigenvalue weighted by molar-refractivity contribution is 5.98. The van der Waals surface area contributed by atoms with Gasteiger partial charge in [0.15, 0.2) is 0 Å². The van der Waals surface area contributed by atoms with Gasteiger partial charge in [-0.2, -0.15) is 0 Å². The van der Waals surface area contributed by atoms with Crippen LogP contribution in [0.1, 0.15) is 54.5 Å². The van der Waals surface area contributed by atoms with Crippen molar-refractivity contribution < 1.29 is 23.9 Å². The Bertz CT molecular complexity index is 1060. The molecule has 0 fully saturated rings. The fraction of sp³-hybridized carbons (Fsp3) is 0.481. The van der Waals surface area contributed by atoms with Gasteiger partial charge in [0, 0.05) is 57.5 Å². The summed E-state index contributed by atoms with van der Waals surface area (Å²) in [5, 5.41) is 2.85. The number of pyridine rings is 1. The summed E-state index contributed by atoms with van der Waals surface area (Å²) >= 11 is 0. The summed E-state index contributed by atoms with van der Waals surface area (Å²) in [7, 11) is 3.33. The van der Waals surface area contributed by atoms with E-state index in [1.807, 2.05) is 20.8 Å². The number of likely N-dealkylation sites (N-methyl/N-ethyl adjacent to an activating group) is 1. The number of nitrogens with one attached hydrogen (secondary N) is 1. The van der Waals surface area contributed by atoms with Crippen molar-refractivity contribution in [3.05, 3.63) is 53.9 Å². The van der Waals surface area contributed by atoms with Gasteiger partial charge in [0.05, 0.1) is 17.7 Å². The van der Waals surface area contributed by atoms with Crippen LogP contribution >= 0.6 is 0 Å². The minimum Gasteiger partial charge on any atom is -0.491 e. The first-order chi connectivity index (χ1) is 17.2. The molecule has 0 unspecified atom stereocenters. The molecular formula is C27H36N4O5. The molecule has 1 aliphatic rings. The van der Waals surface area contributed by atoms with E-state index in [1.54, 1.807) is 66.6 Å². The number of benzene rings is 1. The van der Waals surface area contributed by atoms with Gasteiger partial charge < -0.3 is 24.6 Å². The molecule has 9 nitrogen and oxygen atoms in total. The summed E-state index contributed by atoms with van der Waals surface area (Å²) in [6, 6.07) is 9.94. The molecular weight excluding hydrogens is 460 g/mol. The van der Waals surface area contributed by atoms with Crippen molar-refractivity contribution in [2.75, 3.05) is 39.2 Å². The molecule has 2 aromatic rings. The van der Waals surface area contributed by atoms with Crippen molar-refractivity contribution >= 4 is 23.4 Å². The summed E-state index contributed by atoms with van der Waals surface area (Å²) in [6.07, 6.45) is 2.43. The summed E-state index contributed by atoms with van der Waals surface area (Å²) in [5.41, 5.74) is 1.28. The normalized spacial score (nSPS) is 21.0. The average molecular weight is 497 g/mol. The molecule has 1 N–H and O–H groups in total. The fourth-order valence-corrected chi connectivity index (χ4v) is 4.22. The Balaban J connectivity index is 1.97. The molecule has 0 aliphatic carbocycles. The van der Waals surface area contributed by atoms with Crippen LogP contribution in [0.5, 0.6) is 5.75 Å². The van der Waals surface area contributed by atoms with Gasteiger partial charge in [-0.25, -0.2) is 0 Å². The van der Waals surface area contributed by atoms with Gasteiger partial charge in [0.1, 0.15) is 18.1 Å². The molecule has 0 spiro atoms. The lowest BCUT2D eigenvalue weighted by molar-refractivity contribution is -0.116. The Morgan fingerprint density at radius 1 is 1.19 bits per heavy atom. The van der Waals surface area contributed by atoms with Crippen molar-refractivity contribution in [2.45, 2.75) is 45.8 Å². The molecule has 1 aromatic heterocycles. The largest absolute Gasteiger partial charge is 0.491 e. The van der Waals surface area contributed by atoms with Crippen molar-refractivity contribution in [2.24, 2.45) is 5.92 Å². The Morgan fingerprint density at radius 2 is 1.97 bits per heavy atom. The van der Waals surface area contributed by atoms with E-state index in [0.717, 1.165) is 6.42 Å². The van der Waals surface area contributed by atoms with Gasteiger partial charge in [-0.3, -0.25) is 19.4 Å². The number of hydrogen-bond donors (Lipinski definition) is 1. The molecule has 194 valence electrons. The maximum atomic E-state index is 13.4. The Hall–Kier alpha value is -3.46. The first-order valence-corrected chi connectivity index (χ1v) is 12.3. The first kappa shape index (κ1) is 27.1. The van der Waals surface area contributed by atoms with E-state index in [4.69, 9.17) is 9.47 Å². The van der Waals surface area contributed by atoms with Crippen LogP contribution in [0.25, 0.3) is 0 Å². The summed E-state index contributed by atoms with van der Waals surface area (Å²) in [5.74, 6) is -0.223. The predicted molar refractivity (Wildman–Crippen MR) is 137 cm³/mol. The first-order valence-electron chi connectivity index (χ1n) is 12.3. The Labute approximate surface area is 212 Å². The molecule has 1 aliphatic heterocycles. The minimum atomic E-state index is -0.321. The van der Waals surface area contributed by atoms with E-state index in [2.05, 4.69) is 10.3 Å². The third-order valence-electron chi connectivity index (χ3n) is 6.35. The second-order valence-corrected chi connectivity index (χ2v) is 9.28. The van der Waals surface area contributed by atoms with Crippen LogP contribution in [-0.2, 0) is 9.53 Å². The zero-order chi connectivity index (χ0) is 26.2. The SMILES string of the molecule is CCCC(=O)Nc1ccc2c(c1)OC[C@@H](C)N(C(=O)c1ccccn1)C[C@H](C)[C@H](OC)CN(C)C2=O. The summed E-state index contributed by atoms with van der Waals surface area (Å²) < 4.78 is 11.9. The smallest absolute Gasteiger partial charge is 0.272 e. The van der Waals surface area contributed by atoms with Gasteiger partial charge in [-0.1, -0.05) is 19.9 Å². The maximum Gasteiger partial charge on any atom is 0.272 e. The number of amides is 3. The van der Waals surface area contributed by atoms with Crippen LogP contribution in [0.4, 0.5) is 5.69 Å². The van der Waals surface area contributed by atoms with Crippen LogP contribution < -0.4 is 10.1 Å². The maximum absolute atomic E-state index is 13.4. The zero-order valence-corrected chi connectivity index (χ0v) is 21.7. The lowest BCUT2D eigenvalue weighted by Crippen LogP contribution is -2.48. The topological polar surface area (TPSA) is 101 Å². The number of rotatable bonds is 5. The molecule has 36 heavy (non-hydrogen) atoms. The molecule has 3 atom stereocenters. The van der Waals surface area contributed by atoms with Gasteiger partial charge >= 0.3 is 0 Å². The molecule has 3 rings (SSSR count). The number of methoxy groups -OCH3 is 1. The predicted octanol–water partition coefficient (Wildman–Crippen LogP) is 3.47. The van der Waals surface area contributed by atoms with Crippen LogP contribution in [0.15, 0.2) is 42.6 Å². The number of carbonyl (C=O) groups is 3. The number of hydrogen-bond acceptors (Lipinski definition) is 6. The quantitative estimate of drug-likeness (QED) is 0.680. The number of nitrogens with zero attached hydrogens (tertiary/aromatic N) is 3. The molecule has 3 amide bonds. The molecule has 9 heteroatoms. The zero-order valence-electron chi connectivity index (χ0n) is 21.7. The second kappa shape index (κ2) is 12.5. The second-order valence-electron chi connectivity index (χ2n) is 9.28. The van der Waals surface area contributed by atoms with E-state index in [0.29, 0.717) is 42.2 Å². The van der Waals surface area contributed by atoms with Crippen molar-refractivity contribution in [1.82, 2.24) is 14.8 Å². The van der Waals surface area contributed by atoms with Gasteiger partial charge in [-0.05, 0) is 37.6 Å². The average Bonchev–Trinajstić information content (AvgIpc) is 2.88. The van der Waals surface area contributed by atoms with Crippen molar-refractivity contribution in [1.29, 1.82) is 0 Å². The molecule has 1 aromatic carbocycles. The van der Waals surface area contributed by atoms with Gasteiger partial charge in [0.25, 0.3) is 11.8 Å². The van der Waals surface area contributed by atoms with Crippen LogP contribution in [0.2, 0.25) is 0 Å². The highest BCUT2D eigenvalue weighted by Crippen LogP contribution is 2.27. The van der Waals surface area contributed by atoms with Gasteiger partial charge in [0.2, 0.25) is 5.91 Å². The van der Waals surface area contributed by atoms with Crippen LogP contribution in [-0.4, -0.2) is 78.5 Å². The highest BCUT2D eigenvalue weighted by atomic mass is 16.5. The molecule has 0 saturated heterocycles. The number of aromatic nitrogens is 1. The highest BCUT2D eigenvalue weighted by Gasteiger charge is 2.31. The van der Waals surface area contributed by atoms with Crippen molar-refractivity contribution in [3.8, 4) is 5.75 Å². The fourth-order valence-electron chi connectivity index (χ4n) is 4.22. The third kappa shape index (κ3) is 6.60. The number of anilines is 1. The molecule has 2 heterocycles. The van der Waals surface area contributed by atoms with E-state index in [-0.39, 0.29) is 42.4 Å². The monoisotopic (exact) mass is 496 g/mol. The minimum absolute atomic E-state index is 0.0598. The van der Waals surface area contributed by atoms with Crippen LogP contribution in [0, 0.1) is 5.92 Å². The van der Waals surface area contributed by atoms with Crippen LogP contribution in [0.3, 0.4) is 0 Å². The summed E-state index contributed by atoms with van der Waals surface area (Å²) in [6.45, 7) is 6.74. The van der Waals surface area contributed by atoms with E-state index < -0.39 is 0 Å². The number of fused-ring (bicyclic) bond motifs is 1. The third-order valence-corrected chi connectivity index (χ3v) is 6.35. The van der Waals surface area contributed by atoms with Crippen molar-refractivity contribution in [3.63, 3.8) is 0 Å².